The summed E-state index contributed by atoms with van der Waals surface area (Å²) in [6.45, 7) is 5.32. The number of ether oxygens (including phenoxy) is 1. The fourth-order valence-corrected chi connectivity index (χ4v) is 2.99. The van der Waals surface area contributed by atoms with Crippen LogP contribution in [0, 0.1) is 5.92 Å². The lowest BCUT2D eigenvalue weighted by atomic mass is 9.96. The van der Waals surface area contributed by atoms with Gasteiger partial charge in [-0.1, -0.05) is 18.5 Å². The molecule has 3 nitrogen and oxygen atoms in total. The number of aliphatic hydroxyl groups excluding tert-OH is 1. The fourth-order valence-electron chi connectivity index (χ4n) is 2.19. The van der Waals surface area contributed by atoms with Crippen molar-refractivity contribution >= 4 is 27.5 Å². The second-order valence-corrected chi connectivity index (χ2v) is 6.35. The van der Waals surface area contributed by atoms with Crippen molar-refractivity contribution in [2.24, 2.45) is 5.92 Å². The summed E-state index contributed by atoms with van der Waals surface area (Å²) in [5.41, 5.74) is 0. The molecule has 0 aliphatic carbocycles. The molecule has 1 aliphatic rings. The van der Waals surface area contributed by atoms with Gasteiger partial charge in [0.05, 0.1) is 10.6 Å². The van der Waals surface area contributed by atoms with Gasteiger partial charge in [0, 0.05) is 18.1 Å². The lowest BCUT2D eigenvalue weighted by Crippen LogP contribution is -2.44. The summed E-state index contributed by atoms with van der Waals surface area (Å²) in [7, 11) is 0. The number of piperidine rings is 1. The van der Waals surface area contributed by atoms with Gasteiger partial charge in [-0.25, -0.2) is 0 Å². The Morgan fingerprint density at radius 1 is 1.53 bits per heavy atom. The van der Waals surface area contributed by atoms with E-state index in [9.17, 15) is 5.11 Å². The second-order valence-electron chi connectivity index (χ2n) is 5.06. The molecule has 2 atom stereocenters. The molecule has 1 aliphatic heterocycles. The third-order valence-corrected chi connectivity index (χ3v) is 4.42. The summed E-state index contributed by atoms with van der Waals surface area (Å²) in [5, 5.41) is 10.5. The van der Waals surface area contributed by atoms with Gasteiger partial charge in [0.25, 0.3) is 0 Å². The van der Waals surface area contributed by atoms with Crippen molar-refractivity contribution in [3.8, 4) is 5.75 Å². The molecule has 0 bridgehead atoms. The molecular weight excluding hydrogens is 330 g/mol. The van der Waals surface area contributed by atoms with Gasteiger partial charge >= 0.3 is 0 Å². The average molecular weight is 349 g/mol. The van der Waals surface area contributed by atoms with Crippen LogP contribution >= 0.6 is 27.5 Å². The molecule has 0 amide bonds. The standard InChI is InChI=1S/C14H19BrClNO2/c1-10-4-5-17(9-13(10)18)6-7-19-14-3-2-11(16)8-12(14)15/h2-3,8,10,13,18H,4-7,9H2,1H3. The first-order valence-corrected chi connectivity index (χ1v) is 7.71. The van der Waals surface area contributed by atoms with Gasteiger partial charge < -0.3 is 9.84 Å². The highest BCUT2D eigenvalue weighted by atomic mass is 79.9. The van der Waals surface area contributed by atoms with E-state index in [0.717, 1.165) is 36.3 Å². The molecule has 1 aromatic rings. The number of halogens is 2. The third kappa shape index (κ3) is 4.35. The number of rotatable bonds is 4. The van der Waals surface area contributed by atoms with E-state index in [-0.39, 0.29) is 6.10 Å². The third-order valence-electron chi connectivity index (χ3n) is 3.56. The predicted molar refractivity (Wildman–Crippen MR) is 80.9 cm³/mol. The Kier molecular flexibility index (Phi) is 5.51. The van der Waals surface area contributed by atoms with Gasteiger partial charge in [-0.2, -0.15) is 0 Å². The van der Waals surface area contributed by atoms with Gasteiger partial charge in [0.15, 0.2) is 0 Å². The number of β-amino-alcohol motifs (C(OH)–C–C–N with tert-alkyl or cyclic N) is 1. The zero-order valence-corrected chi connectivity index (χ0v) is 13.3. The summed E-state index contributed by atoms with van der Waals surface area (Å²) in [6, 6.07) is 5.50. The Morgan fingerprint density at radius 2 is 2.32 bits per heavy atom. The van der Waals surface area contributed by atoms with E-state index in [1.54, 1.807) is 0 Å². The van der Waals surface area contributed by atoms with Crippen LogP contribution in [0.5, 0.6) is 5.75 Å². The van der Waals surface area contributed by atoms with E-state index in [1.807, 2.05) is 18.2 Å². The van der Waals surface area contributed by atoms with E-state index >= 15 is 0 Å². The topological polar surface area (TPSA) is 32.7 Å². The molecule has 0 radical (unpaired) electrons. The highest BCUT2D eigenvalue weighted by Gasteiger charge is 2.23. The summed E-state index contributed by atoms with van der Waals surface area (Å²) in [4.78, 5) is 2.24. The first kappa shape index (κ1) is 15.1. The van der Waals surface area contributed by atoms with Gasteiger partial charge in [-0.05, 0) is 53.0 Å². The van der Waals surface area contributed by atoms with Crippen LogP contribution in [0.1, 0.15) is 13.3 Å². The van der Waals surface area contributed by atoms with E-state index in [0.29, 0.717) is 17.5 Å². The van der Waals surface area contributed by atoms with Crippen LogP contribution in [0.2, 0.25) is 5.02 Å². The number of nitrogens with zero attached hydrogens (tertiary/aromatic N) is 1. The van der Waals surface area contributed by atoms with Crippen LogP contribution in [0.25, 0.3) is 0 Å². The van der Waals surface area contributed by atoms with Gasteiger partial charge in [0.2, 0.25) is 0 Å². The van der Waals surface area contributed by atoms with Crippen molar-refractivity contribution < 1.29 is 9.84 Å². The van der Waals surface area contributed by atoms with Crippen LogP contribution in [0.3, 0.4) is 0 Å². The number of aliphatic hydroxyl groups is 1. The number of likely N-dealkylation sites (tertiary alicyclic amines) is 1. The zero-order chi connectivity index (χ0) is 13.8. The van der Waals surface area contributed by atoms with Crippen LogP contribution in [0.15, 0.2) is 22.7 Å². The maximum absolute atomic E-state index is 9.83. The smallest absolute Gasteiger partial charge is 0.133 e. The minimum atomic E-state index is -0.212. The Bertz CT molecular complexity index is 430. The fraction of sp³-hybridized carbons (Fsp3) is 0.571. The largest absolute Gasteiger partial charge is 0.491 e. The minimum absolute atomic E-state index is 0.212. The van der Waals surface area contributed by atoms with Crippen LogP contribution in [0.4, 0.5) is 0 Å². The molecule has 1 N–H and O–H groups in total. The predicted octanol–water partition coefficient (Wildman–Crippen LogP) is 3.18. The molecule has 1 saturated heterocycles. The highest BCUT2D eigenvalue weighted by molar-refractivity contribution is 9.10. The normalized spacial score (nSPS) is 24.4. The Balaban J connectivity index is 1.77. The molecule has 0 aromatic heterocycles. The van der Waals surface area contributed by atoms with Gasteiger partial charge in [-0.3, -0.25) is 4.90 Å². The summed E-state index contributed by atoms with van der Waals surface area (Å²) >= 11 is 9.31. The van der Waals surface area contributed by atoms with Crippen molar-refractivity contribution in [1.82, 2.24) is 4.90 Å². The Labute approximate surface area is 127 Å². The SMILES string of the molecule is CC1CCN(CCOc2ccc(Cl)cc2Br)CC1O. The zero-order valence-electron chi connectivity index (χ0n) is 11.0. The van der Waals surface area contributed by atoms with E-state index in [1.165, 1.54) is 0 Å². The molecule has 1 aromatic carbocycles. The molecule has 0 saturated carbocycles. The van der Waals surface area contributed by atoms with Crippen LogP contribution in [-0.2, 0) is 0 Å². The van der Waals surface area contributed by atoms with Crippen molar-refractivity contribution in [3.05, 3.63) is 27.7 Å². The summed E-state index contributed by atoms with van der Waals surface area (Å²) < 4.78 is 6.60. The molecule has 5 heteroatoms. The molecule has 1 heterocycles. The highest BCUT2D eigenvalue weighted by Crippen LogP contribution is 2.28. The molecular formula is C14H19BrClNO2. The van der Waals surface area contributed by atoms with Gasteiger partial charge in [-0.15, -0.1) is 0 Å². The minimum Gasteiger partial charge on any atom is -0.491 e. The van der Waals surface area contributed by atoms with Crippen LogP contribution in [-0.4, -0.2) is 42.4 Å². The summed E-state index contributed by atoms with van der Waals surface area (Å²) in [5.74, 6) is 1.21. The number of benzene rings is 1. The maximum Gasteiger partial charge on any atom is 0.133 e. The lowest BCUT2D eigenvalue weighted by molar-refractivity contribution is 0.0244. The maximum atomic E-state index is 9.83. The molecule has 1 fully saturated rings. The molecule has 0 spiro atoms. The van der Waals surface area contributed by atoms with Crippen molar-refractivity contribution in [1.29, 1.82) is 0 Å². The van der Waals surface area contributed by atoms with Crippen molar-refractivity contribution in [2.45, 2.75) is 19.4 Å². The first-order chi connectivity index (χ1) is 9.06. The molecule has 2 rings (SSSR count). The first-order valence-electron chi connectivity index (χ1n) is 6.54. The Morgan fingerprint density at radius 3 is 3.00 bits per heavy atom. The van der Waals surface area contributed by atoms with E-state index in [4.69, 9.17) is 16.3 Å². The quantitative estimate of drug-likeness (QED) is 0.907. The second kappa shape index (κ2) is 6.93. The number of hydrogen-bond donors (Lipinski definition) is 1. The van der Waals surface area contributed by atoms with Crippen molar-refractivity contribution in [3.63, 3.8) is 0 Å². The Hall–Kier alpha value is -0.290. The number of hydrogen-bond acceptors (Lipinski definition) is 3. The molecule has 19 heavy (non-hydrogen) atoms. The van der Waals surface area contributed by atoms with Crippen molar-refractivity contribution in [2.75, 3.05) is 26.2 Å². The van der Waals surface area contributed by atoms with Gasteiger partial charge in [0.1, 0.15) is 12.4 Å². The van der Waals surface area contributed by atoms with E-state index < -0.39 is 0 Å². The molecule has 106 valence electrons. The van der Waals surface area contributed by atoms with E-state index in [2.05, 4.69) is 27.8 Å². The molecule has 2 unspecified atom stereocenters. The lowest BCUT2D eigenvalue weighted by Gasteiger charge is -2.34. The monoisotopic (exact) mass is 347 g/mol. The van der Waals surface area contributed by atoms with Crippen LogP contribution < -0.4 is 4.74 Å². The summed E-state index contributed by atoms with van der Waals surface area (Å²) in [6.07, 6.45) is 0.835. The average Bonchev–Trinajstić information content (AvgIpc) is 2.36.